The molecule has 1 aromatic rings. The summed E-state index contributed by atoms with van der Waals surface area (Å²) in [7, 11) is -3.00. The van der Waals surface area contributed by atoms with E-state index in [1.54, 1.807) is 12.3 Å². The zero-order chi connectivity index (χ0) is 12.2. The van der Waals surface area contributed by atoms with Crippen molar-refractivity contribution < 1.29 is 8.42 Å². The molecule has 1 aromatic heterocycles. The highest BCUT2D eigenvalue weighted by Gasteiger charge is 2.15. The number of rotatable bonds is 5. The second-order valence-electron chi connectivity index (χ2n) is 3.53. The highest BCUT2D eigenvalue weighted by Crippen LogP contribution is 2.23. The third-order valence-electron chi connectivity index (χ3n) is 2.16. The van der Waals surface area contributed by atoms with Gasteiger partial charge in [0.2, 0.25) is 0 Å². The van der Waals surface area contributed by atoms with Gasteiger partial charge in [-0.2, -0.15) is 0 Å². The predicted molar refractivity (Wildman–Crippen MR) is 63.6 cm³/mol. The van der Waals surface area contributed by atoms with Crippen molar-refractivity contribution in [3.63, 3.8) is 0 Å². The Morgan fingerprint density at radius 2 is 2.31 bits per heavy atom. The van der Waals surface area contributed by atoms with E-state index in [0.29, 0.717) is 11.4 Å². The lowest BCUT2D eigenvalue weighted by atomic mass is 10.1. The summed E-state index contributed by atoms with van der Waals surface area (Å²) in [5.74, 6) is 5.44. The minimum Gasteiger partial charge on any atom is -0.271 e. The molecule has 0 aliphatic heterocycles. The Hall–Kier alpha value is -0.690. The van der Waals surface area contributed by atoms with E-state index in [2.05, 4.69) is 10.4 Å². The minimum atomic E-state index is -3.00. The van der Waals surface area contributed by atoms with Crippen molar-refractivity contribution in [3.05, 3.63) is 29.0 Å². The lowest BCUT2D eigenvalue weighted by Crippen LogP contribution is -2.29. The Bertz CT molecular complexity index is 450. The number of hydrazine groups is 1. The lowest BCUT2D eigenvalue weighted by Gasteiger charge is -2.16. The summed E-state index contributed by atoms with van der Waals surface area (Å²) in [4.78, 5) is 3.85. The molecule has 16 heavy (non-hydrogen) atoms. The first-order chi connectivity index (χ1) is 7.44. The van der Waals surface area contributed by atoms with Gasteiger partial charge in [-0.1, -0.05) is 11.6 Å². The van der Waals surface area contributed by atoms with Crippen LogP contribution in [-0.4, -0.2) is 25.4 Å². The third-order valence-corrected chi connectivity index (χ3v) is 3.45. The summed E-state index contributed by atoms with van der Waals surface area (Å²) in [6.45, 7) is 0. The molecule has 5 nitrogen and oxygen atoms in total. The molecular weight excluding hydrogens is 250 g/mol. The molecule has 0 fully saturated rings. The number of nitrogens with two attached hydrogens (primary N) is 1. The number of pyridine rings is 1. The van der Waals surface area contributed by atoms with E-state index < -0.39 is 9.84 Å². The maximum Gasteiger partial charge on any atom is 0.147 e. The number of hydrogen-bond acceptors (Lipinski definition) is 5. The van der Waals surface area contributed by atoms with Crippen LogP contribution in [-0.2, 0) is 9.84 Å². The third kappa shape index (κ3) is 4.05. The first-order valence-corrected chi connectivity index (χ1v) is 7.11. The van der Waals surface area contributed by atoms with Gasteiger partial charge in [-0.3, -0.25) is 16.3 Å². The largest absolute Gasteiger partial charge is 0.271 e. The van der Waals surface area contributed by atoms with E-state index in [0.717, 1.165) is 5.56 Å². The van der Waals surface area contributed by atoms with E-state index in [1.807, 2.05) is 0 Å². The van der Waals surface area contributed by atoms with Gasteiger partial charge in [-0.25, -0.2) is 8.42 Å². The second kappa shape index (κ2) is 5.58. The van der Waals surface area contributed by atoms with Crippen LogP contribution in [0, 0.1) is 0 Å². The highest BCUT2D eigenvalue weighted by molar-refractivity contribution is 7.90. The van der Waals surface area contributed by atoms with Gasteiger partial charge in [-0.15, -0.1) is 0 Å². The molecule has 3 N–H and O–H groups in total. The molecule has 0 bridgehead atoms. The number of halogens is 1. The van der Waals surface area contributed by atoms with Crippen LogP contribution in [0.4, 0.5) is 0 Å². The summed E-state index contributed by atoms with van der Waals surface area (Å²) in [5, 5.41) is 0.471. The zero-order valence-electron chi connectivity index (χ0n) is 8.85. The average molecular weight is 264 g/mol. The van der Waals surface area contributed by atoms with Crippen LogP contribution in [0.2, 0.25) is 5.02 Å². The number of nitrogens with one attached hydrogen (secondary N) is 1. The molecule has 0 saturated heterocycles. The first-order valence-electron chi connectivity index (χ1n) is 4.67. The Balaban J connectivity index is 2.79. The highest BCUT2D eigenvalue weighted by atomic mass is 35.5. The summed E-state index contributed by atoms with van der Waals surface area (Å²) in [6.07, 6.45) is 4.65. The normalized spacial score (nSPS) is 13.7. The van der Waals surface area contributed by atoms with Crippen molar-refractivity contribution in [1.29, 1.82) is 0 Å². The second-order valence-corrected chi connectivity index (χ2v) is 6.20. The molecule has 0 saturated carbocycles. The molecule has 0 radical (unpaired) electrons. The molecule has 90 valence electrons. The fraction of sp³-hybridized carbons (Fsp3) is 0.444. The summed E-state index contributed by atoms with van der Waals surface area (Å²) in [6, 6.07) is 1.43. The van der Waals surface area contributed by atoms with Crippen LogP contribution in [0.15, 0.2) is 18.5 Å². The molecule has 0 aromatic carbocycles. The number of sulfone groups is 1. The van der Waals surface area contributed by atoms with Crippen LogP contribution >= 0.6 is 11.6 Å². The Labute approximate surface area is 99.9 Å². The van der Waals surface area contributed by atoms with Crippen LogP contribution in [0.3, 0.4) is 0 Å². The van der Waals surface area contributed by atoms with Crippen molar-refractivity contribution in [2.75, 3.05) is 12.0 Å². The standard InChI is InChI=1S/C9H14ClN3O2S/c1-16(14,15)5-3-9(13-11)7-2-4-12-6-8(7)10/h2,4,6,9,13H,3,5,11H2,1H3. The fourth-order valence-corrected chi connectivity index (χ4v) is 2.24. The number of aromatic nitrogens is 1. The molecular formula is C9H14ClN3O2S. The summed E-state index contributed by atoms with van der Waals surface area (Å²) in [5.41, 5.74) is 3.31. The molecule has 7 heteroatoms. The van der Waals surface area contributed by atoms with E-state index in [4.69, 9.17) is 17.4 Å². The van der Waals surface area contributed by atoms with Crippen LogP contribution in [0.25, 0.3) is 0 Å². The van der Waals surface area contributed by atoms with Gasteiger partial charge >= 0.3 is 0 Å². The van der Waals surface area contributed by atoms with Gasteiger partial charge in [0.15, 0.2) is 0 Å². The molecule has 1 unspecified atom stereocenters. The van der Waals surface area contributed by atoms with E-state index in [1.165, 1.54) is 12.5 Å². The Morgan fingerprint density at radius 3 is 2.81 bits per heavy atom. The molecule has 1 heterocycles. The van der Waals surface area contributed by atoms with Gasteiger partial charge < -0.3 is 0 Å². The zero-order valence-corrected chi connectivity index (χ0v) is 10.4. The van der Waals surface area contributed by atoms with E-state index in [-0.39, 0.29) is 11.8 Å². The van der Waals surface area contributed by atoms with Crippen LogP contribution < -0.4 is 11.3 Å². The van der Waals surface area contributed by atoms with Crippen molar-refractivity contribution in [2.24, 2.45) is 5.84 Å². The lowest BCUT2D eigenvalue weighted by molar-refractivity contribution is 0.531. The quantitative estimate of drug-likeness (QED) is 0.603. The molecule has 0 aliphatic rings. The van der Waals surface area contributed by atoms with Crippen molar-refractivity contribution in [3.8, 4) is 0 Å². The molecule has 0 amide bonds. The van der Waals surface area contributed by atoms with Gasteiger partial charge in [0, 0.05) is 24.7 Å². The molecule has 0 spiro atoms. The molecule has 1 rings (SSSR count). The maximum atomic E-state index is 11.1. The molecule has 1 atom stereocenters. The maximum absolute atomic E-state index is 11.1. The smallest absolute Gasteiger partial charge is 0.147 e. The monoisotopic (exact) mass is 263 g/mol. The topological polar surface area (TPSA) is 85.1 Å². The minimum absolute atomic E-state index is 0.0561. The SMILES string of the molecule is CS(=O)(=O)CCC(NN)c1ccncc1Cl. The van der Waals surface area contributed by atoms with Gasteiger partial charge in [-0.05, 0) is 18.1 Å². The average Bonchev–Trinajstić information content (AvgIpc) is 2.20. The summed E-state index contributed by atoms with van der Waals surface area (Å²) < 4.78 is 22.1. The fourth-order valence-electron chi connectivity index (χ4n) is 1.33. The van der Waals surface area contributed by atoms with Gasteiger partial charge in [0.1, 0.15) is 9.84 Å². The Morgan fingerprint density at radius 1 is 1.62 bits per heavy atom. The van der Waals surface area contributed by atoms with E-state index >= 15 is 0 Å². The predicted octanol–water partition coefficient (Wildman–Crippen LogP) is 0.674. The number of nitrogens with zero attached hydrogens (tertiary/aromatic N) is 1. The van der Waals surface area contributed by atoms with Crippen LogP contribution in [0.5, 0.6) is 0 Å². The van der Waals surface area contributed by atoms with Gasteiger partial charge in [0.05, 0.1) is 10.8 Å². The Kier molecular flexibility index (Phi) is 4.67. The molecule has 0 aliphatic carbocycles. The van der Waals surface area contributed by atoms with E-state index in [9.17, 15) is 8.42 Å². The van der Waals surface area contributed by atoms with Crippen molar-refractivity contribution >= 4 is 21.4 Å². The first kappa shape index (κ1) is 13.4. The summed E-state index contributed by atoms with van der Waals surface area (Å²) >= 11 is 5.94. The van der Waals surface area contributed by atoms with Gasteiger partial charge in [0.25, 0.3) is 0 Å². The van der Waals surface area contributed by atoms with Crippen molar-refractivity contribution in [2.45, 2.75) is 12.5 Å². The van der Waals surface area contributed by atoms with Crippen LogP contribution in [0.1, 0.15) is 18.0 Å². The number of hydrogen-bond donors (Lipinski definition) is 2. The van der Waals surface area contributed by atoms with Crippen molar-refractivity contribution in [1.82, 2.24) is 10.4 Å².